The van der Waals surface area contributed by atoms with Crippen LogP contribution in [0.15, 0.2) is 73.1 Å². The second-order valence-electron chi connectivity index (χ2n) is 6.25. The average Bonchev–Trinajstić information content (AvgIpc) is 3.26. The average molecular weight is 405 g/mol. The normalized spacial score (nSPS) is 10.6. The third-order valence-corrected chi connectivity index (χ3v) is 4.68. The van der Waals surface area contributed by atoms with Gasteiger partial charge >= 0.3 is 0 Å². The van der Waals surface area contributed by atoms with Crippen LogP contribution in [0.5, 0.6) is 5.88 Å². The number of methoxy groups -OCH3 is 1. The summed E-state index contributed by atoms with van der Waals surface area (Å²) in [4.78, 5) is 24.3. The largest absolute Gasteiger partial charge is 0.481 e. The van der Waals surface area contributed by atoms with Crippen LogP contribution >= 0.6 is 11.6 Å². The van der Waals surface area contributed by atoms with Crippen LogP contribution in [0.4, 0.5) is 5.69 Å². The molecule has 2 heterocycles. The molecule has 7 heteroatoms. The molecular weight excluding hydrogens is 388 g/mol. The number of hydrogen-bond acceptors (Lipinski definition) is 4. The molecule has 0 atom stereocenters. The molecule has 0 spiro atoms. The molecule has 2 N–H and O–H groups in total. The zero-order valence-electron chi connectivity index (χ0n) is 15.5. The number of benzene rings is 2. The highest BCUT2D eigenvalue weighted by molar-refractivity contribution is 6.33. The monoisotopic (exact) mass is 404 g/mol. The second-order valence-corrected chi connectivity index (χ2v) is 6.65. The van der Waals surface area contributed by atoms with Gasteiger partial charge in [-0.25, -0.2) is 9.97 Å². The maximum absolute atomic E-state index is 12.6. The van der Waals surface area contributed by atoms with Crippen molar-refractivity contribution < 1.29 is 9.53 Å². The fraction of sp³-hybridized carbons (Fsp3) is 0.0455. The number of halogens is 1. The Balaban J connectivity index is 1.60. The quantitative estimate of drug-likeness (QED) is 0.487. The summed E-state index contributed by atoms with van der Waals surface area (Å²) < 4.78 is 5.07. The van der Waals surface area contributed by atoms with Crippen LogP contribution in [0.1, 0.15) is 10.4 Å². The van der Waals surface area contributed by atoms with Gasteiger partial charge in [-0.15, -0.1) is 0 Å². The molecule has 0 bridgehead atoms. The Morgan fingerprint density at radius 1 is 1.07 bits per heavy atom. The minimum atomic E-state index is -0.275. The standard InChI is InChI=1S/C22H17ClN4O2/c1-29-20-11-15(9-10-24-20)22(28)26-16-7-8-18(23)17(12-16)21-25-13-19(27-21)14-5-3-2-4-6-14/h2-13H,1H3,(H,25,27)(H,26,28). The number of H-pyrrole nitrogens is 1. The van der Waals surface area contributed by atoms with E-state index in [1.165, 1.54) is 13.3 Å². The number of nitrogens with zero attached hydrogens (tertiary/aromatic N) is 2. The summed E-state index contributed by atoms with van der Waals surface area (Å²) in [5.74, 6) is 0.720. The van der Waals surface area contributed by atoms with Crippen LogP contribution in [0.25, 0.3) is 22.6 Å². The molecule has 0 fully saturated rings. The number of rotatable bonds is 5. The van der Waals surface area contributed by atoms with E-state index in [9.17, 15) is 4.79 Å². The highest BCUT2D eigenvalue weighted by Gasteiger charge is 2.13. The molecule has 0 saturated carbocycles. The number of pyridine rings is 1. The van der Waals surface area contributed by atoms with Crippen LogP contribution in [0, 0.1) is 0 Å². The summed E-state index contributed by atoms with van der Waals surface area (Å²) in [6, 6.07) is 18.3. The van der Waals surface area contributed by atoms with Crippen molar-refractivity contribution in [1.82, 2.24) is 15.0 Å². The number of ether oxygens (including phenoxy) is 1. The maximum atomic E-state index is 12.6. The van der Waals surface area contributed by atoms with Gasteiger partial charge in [0.1, 0.15) is 5.82 Å². The van der Waals surface area contributed by atoms with Crippen molar-refractivity contribution in [1.29, 1.82) is 0 Å². The molecule has 0 saturated heterocycles. The summed E-state index contributed by atoms with van der Waals surface area (Å²) in [5, 5.41) is 3.39. The van der Waals surface area contributed by atoms with Gasteiger partial charge in [0.15, 0.2) is 0 Å². The number of hydrogen-bond donors (Lipinski definition) is 2. The van der Waals surface area contributed by atoms with Crippen LogP contribution in [0.2, 0.25) is 5.02 Å². The first-order valence-electron chi connectivity index (χ1n) is 8.86. The minimum absolute atomic E-state index is 0.275. The number of carbonyl (C=O) groups is 1. The molecule has 0 unspecified atom stereocenters. The predicted octanol–water partition coefficient (Wildman–Crippen LogP) is 5.05. The number of carbonyl (C=O) groups excluding carboxylic acids is 1. The molecule has 0 aliphatic rings. The Bertz CT molecular complexity index is 1160. The Morgan fingerprint density at radius 3 is 2.69 bits per heavy atom. The molecule has 6 nitrogen and oxygen atoms in total. The Hall–Kier alpha value is -3.64. The lowest BCUT2D eigenvalue weighted by atomic mass is 10.1. The van der Waals surface area contributed by atoms with Gasteiger partial charge in [0.2, 0.25) is 5.88 Å². The van der Waals surface area contributed by atoms with E-state index >= 15 is 0 Å². The zero-order valence-corrected chi connectivity index (χ0v) is 16.3. The first-order valence-corrected chi connectivity index (χ1v) is 9.23. The Labute approximate surface area is 172 Å². The van der Waals surface area contributed by atoms with E-state index in [-0.39, 0.29) is 5.91 Å². The van der Waals surface area contributed by atoms with Gasteiger partial charge < -0.3 is 15.0 Å². The van der Waals surface area contributed by atoms with Crippen LogP contribution in [0.3, 0.4) is 0 Å². The first-order chi connectivity index (χ1) is 14.1. The number of anilines is 1. The van der Waals surface area contributed by atoms with Crippen molar-refractivity contribution in [3.8, 4) is 28.5 Å². The highest BCUT2D eigenvalue weighted by atomic mass is 35.5. The van der Waals surface area contributed by atoms with Gasteiger partial charge in [-0.05, 0) is 29.8 Å². The number of aromatic nitrogens is 3. The highest BCUT2D eigenvalue weighted by Crippen LogP contribution is 2.30. The third kappa shape index (κ3) is 4.12. The van der Waals surface area contributed by atoms with E-state index in [1.54, 1.807) is 36.5 Å². The van der Waals surface area contributed by atoms with Gasteiger partial charge in [0.25, 0.3) is 5.91 Å². The number of amides is 1. The lowest BCUT2D eigenvalue weighted by Gasteiger charge is -2.09. The molecule has 29 heavy (non-hydrogen) atoms. The minimum Gasteiger partial charge on any atom is -0.481 e. The summed E-state index contributed by atoms with van der Waals surface area (Å²) in [6.07, 6.45) is 3.28. The summed E-state index contributed by atoms with van der Waals surface area (Å²) in [5.41, 5.74) is 3.65. The van der Waals surface area contributed by atoms with E-state index in [0.29, 0.717) is 33.5 Å². The van der Waals surface area contributed by atoms with Gasteiger partial charge in [-0.3, -0.25) is 4.79 Å². The molecular formula is C22H17ClN4O2. The molecule has 0 aliphatic carbocycles. The smallest absolute Gasteiger partial charge is 0.255 e. The van der Waals surface area contributed by atoms with Crippen molar-refractivity contribution in [2.24, 2.45) is 0 Å². The summed E-state index contributed by atoms with van der Waals surface area (Å²) in [7, 11) is 1.50. The fourth-order valence-electron chi connectivity index (χ4n) is 2.87. The van der Waals surface area contributed by atoms with Gasteiger partial charge in [-0.1, -0.05) is 41.9 Å². The van der Waals surface area contributed by atoms with Crippen molar-refractivity contribution >= 4 is 23.2 Å². The van der Waals surface area contributed by atoms with E-state index in [1.807, 2.05) is 30.3 Å². The molecule has 0 aliphatic heterocycles. The predicted molar refractivity (Wildman–Crippen MR) is 113 cm³/mol. The van der Waals surface area contributed by atoms with Crippen LogP contribution in [-0.2, 0) is 0 Å². The van der Waals surface area contributed by atoms with E-state index in [4.69, 9.17) is 16.3 Å². The van der Waals surface area contributed by atoms with Crippen molar-refractivity contribution in [3.05, 3.63) is 83.6 Å². The molecule has 2 aromatic carbocycles. The number of imidazole rings is 1. The molecule has 2 aromatic heterocycles. The topological polar surface area (TPSA) is 79.9 Å². The molecule has 4 rings (SSSR count). The van der Waals surface area contributed by atoms with Crippen LogP contribution in [-0.4, -0.2) is 28.0 Å². The van der Waals surface area contributed by atoms with Gasteiger partial charge in [-0.2, -0.15) is 0 Å². The van der Waals surface area contributed by atoms with E-state index in [0.717, 1.165) is 11.3 Å². The fourth-order valence-corrected chi connectivity index (χ4v) is 3.08. The molecule has 144 valence electrons. The lowest BCUT2D eigenvalue weighted by molar-refractivity contribution is 0.102. The van der Waals surface area contributed by atoms with Gasteiger partial charge in [0.05, 0.1) is 24.0 Å². The second kappa shape index (κ2) is 8.16. The van der Waals surface area contributed by atoms with Gasteiger partial charge in [0, 0.05) is 29.1 Å². The Kier molecular flexibility index (Phi) is 5.27. The van der Waals surface area contributed by atoms with E-state index in [2.05, 4.69) is 20.3 Å². The first kappa shape index (κ1) is 18.7. The SMILES string of the molecule is COc1cc(C(=O)Nc2ccc(Cl)c(-c3ncc(-c4ccccc4)[nH]3)c2)ccn1. The third-order valence-electron chi connectivity index (χ3n) is 4.35. The number of nitrogens with one attached hydrogen (secondary N) is 2. The Morgan fingerprint density at radius 2 is 1.90 bits per heavy atom. The number of aromatic amines is 1. The summed E-state index contributed by atoms with van der Waals surface area (Å²) in [6.45, 7) is 0. The molecule has 0 radical (unpaired) electrons. The van der Waals surface area contributed by atoms with E-state index < -0.39 is 0 Å². The van der Waals surface area contributed by atoms with Crippen molar-refractivity contribution in [3.63, 3.8) is 0 Å². The molecule has 4 aromatic rings. The zero-order chi connectivity index (χ0) is 20.2. The van der Waals surface area contributed by atoms with Crippen molar-refractivity contribution in [2.45, 2.75) is 0 Å². The molecule has 1 amide bonds. The summed E-state index contributed by atoms with van der Waals surface area (Å²) >= 11 is 6.38. The maximum Gasteiger partial charge on any atom is 0.255 e. The van der Waals surface area contributed by atoms with Crippen LogP contribution < -0.4 is 10.1 Å². The lowest BCUT2D eigenvalue weighted by Crippen LogP contribution is -2.12. The van der Waals surface area contributed by atoms with Crippen molar-refractivity contribution in [2.75, 3.05) is 12.4 Å².